The van der Waals surface area contributed by atoms with Crippen LogP contribution < -0.4 is 0 Å². The fraction of sp³-hybridized carbons (Fsp3) is 0.893. The van der Waals surface area contributed by atoms with Gasteiger partial charge in [0, 0.05) is 0 Å². The van der Waals surface area contributed by atoms with Crippen molar-refractivity contribution in [2.24, 2.45) is 52.3 Å². The first-order valence-electron chi connectivity index (χ1n) is 13.2. The minimum atomic E-state index is -0.229. The lowest BCUT2D eigenvalue weighted by molar-refractivity contribution is -0.140. The molecule has 2 nitrogen and oxygen atoms in total. The van der Waals surface area contributed by atoms with Crippen molar-refractivity contribution in [1.82, 2.24) is 0 Å². The molecule has 0 bridgehead atoms. The summed E-state index contributed by atoms with van der Waals surface area (Å²) in [6, 6.07) is 0. The van der Waals surface area contributed by atoms with Gasteiger partial charge in [-0.3, -0.25) is 4.79 Å². The van der Waals surface area contributed by atoms with Crippen molar-refractivity contribution in [3.8, 4) is 0 Å². The van der Waals surface area contributed by atoms with Crippen LogP contribution in [0.1, 0.15) is 105 Å². The summed E-state index contributed by atoms with van der Waals surface area (Å²) in [5, 5.41) is 0. The number of carbonyl (C=O) groups is 1. The molecule has 0 aromatic heterocycles. The van der Waals surface area contributed by atoms with Gasteiger partial charge in [0.1, 0.15) is 11.9 Å². The maximum Gasteiger partial charge on any atom is 0.328 e. The molecule has 0 aliphatic heterocycles. The van der Waals surface area contributed by atoms with E-state index in [9.17, 15) is 4.79 Å². The van der Waals surface area contributed by atoms with Crippen LogP contribution in [0.15, 0.2) is 11.6 Å². The summed E-state index contributed by atoms with van der Waals surface area (Å²) in [5.74, 6) is 4.89. The Morgan fingerprint density at radius 2 is 1.87 bits per heavy atom. The first-order chi connectivity index (χ1) is 14.7. The van der Waals surface area contributed by atoms with Gasteiger partial charge in [0.15, 0.2) is 0 Å². The van der Waals surface area contributed by atoms with Gasteiger partial charge in [0.25, 0.3) is 0 Å². The molecule has 176 valence electrons. The topological polar surface area (TPSA) is 26.3 Å². The molecule has 4 rings (SSSR count). The average Bonchev–Trinajstić information content (AvgIpc) is 3.09. The summed E-state index contributed by atoms with van der Waals surface area (Å²) < 4.78 is 4.56. The number of carbonyl (C=O) groups excluding carboxylic acids is 1. The van der Waals surface area contributed by atoms with Crippen LogP contribution in [0.2, 0.25) is 0 Å². The molecule has 0 saturated heterocycles. The summed E-state index contributed by atoms with van der Waals surface area (Å²) in [4.78, 5) is 12.1. The molecular weight excluding hydrogens is 404 g/mol. The Kier molecular flexibility index (Phi) is 6.89. The van der Waals surface area contributed by atoms with E-state index in [-0.39, 0.29) is 17.3 Å². The number of hydrogen-bond acceptors (Lipinski definition) is 2. The first-order valence-corrected chi connectivity index (χ1v) is 13.5. The van der Waals surface area contributed by atoms with E-state index in [2.05, 4.69) is 45.0 Å². The monoisotopic (exact) mass is 448 g/mol. The summed E-state index contributed by atoms with van der Waals surface area (Å²) >= 11 is 5.40. The summed E-state index contributed by atoms with van der Waals surface area (Å²) in [6.07, 6.45) is 16.6. The molecule has 0 N–H and O–H groups in total. The Hall–Kier alpha value is -0.500. The molecule has 0 heterocycles. The Labute approximate surface area is 196 Å². The lowest BCUT2D eigenvalue weighted by Crippen LogP contribution is -2.50. The highest BCUT2D eigenvalue weighted by molar-refractivity contribution is 6.13. The average molecular weight is 449 g/mol. The summed E-state index contributed by atoms with van der Waals surface area (Å²) in [6.45, 7) is 12.5. The van der Waals surface area contributed by atoms with E-state index in [0.29, 0.717) is 5.41 Å². The zero-order valence-corrected chi connectivity index (χ0v) is 21.3. The fourth-order valence-corrected chi connectivity index (χ4v) is 9.08. The van der Waals surface area contributed by atoms with E-state index in [1.807, 2.05) is 0 Å². The van der Waals surface area contributed by atoms with Crippen LogP contribution in [0.3, 0.4) is 0 Å². The SMILES string of the molecule is CC(C)CCC[C@@H](C)[C@H]1CCC2C3CC=C4C[C@@H](C(=O)OCl)CC[C@]4(C)C3CC[C@@]21C. The van der Waals surface area contributed by atoms with Crippen LogP contribution in [0.25, 0.3) is 0 Å². The van der Waals surface area contributed by atoms with E-state index < -0.39 is 0 Å². The molecule has 3 heteroatoms. The van der Waals surface area contributed by atoms with E-state index >= 15 is 0 Å². The number of hydrogen-bond donors (Lipinski definition) is 0. The highest BCUT2D eigenvalue weighted by Crippen LogP contribution is 2.67. The zero-order valence-electron chi connectivity index (χ0n) is 20.6. The van der Waals surface area contributed by atoms with E-state index in [4.69, 9.17) is 11.9 Å². The van der Waals surface area contributed by atoms with Crippen molar-refractivity contribution < 1.29 is 9.08 Å². The van der Waals surface area contributed by atoms with Crippen LogP contribution >= 0.6 is 11.9 Å². The second kappa shape index (κ2) is 9.03. The smallest absolute Gasteiger partial charge is 0.328 e. The van der Waals surface area contributed by atoms with Crippen molar-refractivity contribution in [3.05, 3.63) is 11.6 Å². The largest absolute Gasteiger partial charge is 0.347 e. The third-order valence-corrected chi connectivity index (χ3v) is 10.9. The number of fused-ring (bicyclic) bond motifs is 5. The number of rotatable bonds is 6. The van der Waals surface area contributed by atoms with Gasteiger partial charge in [0.2, 0.25) is 0 Å². The standard InChI is InChI=1S/C28H45ClO2/c1-18(2)7-6-8-19(3)23-11-12-24-22-10-9-21-17-20(26(30)31-29)13-15-27(21,4)25(22)14-16-28(23,24)5/h9,18-20,22-25H,6-8,10-17H2,1-5H3/t19-,20+,22?,23-,24?,25?,27+,28-/m1/s1. The molecule has 4 aliphatic carbocycles. The molecule has 8 atom stereocenters. The third-order valence-electron chi connectivity index (χ3n) is 10.7. The van der Waals surface area contributed by atoms with Gasteiger partial charge in [-0.2, -0.15) is 0 Å². The molecule has 3 saturated carbocycles. The van der Waals surface area contributed by atoms with E-state index in [0.717, 1.165) is 54.8 Å². The van der Waals surface area contributed by atoms with Crippen molar-refractivity contribution >= 4 is 17.8 Å². The van der Waals surface area contributed by atoms with Crippen LogP contribution in [0, 0.1) is 52.3 Å². The molecule has 4 aliphatic rings. The minimum absolute atomic E-state index is 0.0372. The molecule has 0 spiro atoms. The van der Waals surface area contributed by atoms with Gasteiger partial charge in [-0.1, -0.05) is 65.5 Å². The molecule has 3 fully saturated rings. The summed E-state index contributed by atoms with van der Waals surface area (Å²) in [7, 11) is 0. The van der Waals surface area contributed by atoms with Crippen molar-refractivity contribution in [2.45, 2.75) is 105 Å². The summed E-state index contributed by atoms with van der Waals surface area (Å²) in [5.41, 5.74) is 2.36. The lowest BCUT2D eigenvalue weighted by atomic mass is 9.46. The molecule has 31 heavy (non-hydrogen) atoms. The lowest BCUT2D eigenvalue weighted by Gasteiger charge is -2.58. The Morgan fingerprint density at radius 3 is 2.58 bits per heavy atom. The number of allylic oxidation sites excluding steroid dienone is 2. The molecule has 0 aromatic carbocycles. The third kappa shape index (κ3) is 4.13. The molecule has 0 aromatic rings. The van der Waals surface area contributed by atoms with Crippen LogP contribution in [-0.2, 0) is 9.08 Å². The van der Waals surface area contributed by atoms with Gasteiger partial charge in [-0.15, -0.1) is 0 Å². The minimum Gasteiger partial charge on any atom is -0.347 e. The van der Waals surface area contributed by atoms with Gasteiger partial charge in [-0.05, 0) is 97.7 Å². The predicted octanol–water partition coefficient (Wildman–Crippen LogP) is 8.34. The molecule has 0 amide bonds. The normalized spacial score (nSPS) is 42.9. The Bertz CT molecular complexity index is 699. The molecule has 0 radical (unpaired) electrons. The predicted molar refractivity (Wildman–Crippen MR) is 128 cm³/mol. The van der Waals surface area contributed by atoms with E-state index in [1.165, 1.54) is 56.9 Å². The first kappa shape index (κ1) is 23.7. The highest BCUT2D eigenvalue weighted by atomic mass is 35.5. The Balaban J connectivity index is 1.48. The second-order valence-corrected chi connectivity index (χ2v) is 12.8. The van der Waals surface area contributed by atoms with Gasteiger partial charge in [0.05, 0.1) is 5.92 Å². The van der Waals surface area contributed by atoms with E-state index in [1.54, 1.807) is 0 Å². The van der Waals surface area contributed by atoms with Crippen LogP contribution in [0.4, 0.5) is 0 Å². The molecular formula is C28H45ClO2. The quantitative estimate of drug-likeness (QED) is 0.381. The number of halogens is 1. The van der Waals surface area contributed by atoms with Gasteiger partial charge >= 0.3 is 5.97 Å². The second-order valence-electron chi connectivity index (χ2n) is 12.6. The zero-order chi connectivity index (χ0) is 22.4. The maximum absolute atomic E-state index is 12.1. The fourth-order valence-electron chi connectivity index (χ4n) is 8.95. The maximum atomic E-state index is 12.1. The highest BCUT2D eigenvalue weighted by Gasteiger charge is 2.59. The van der Waals surface area contributed by atoms with Gasteiger partial charge < -0.3 is 4.29 Å². The van der Waals surface area contributed by atoms with Crippen molar-refractivity contribution in [2.75, 3.05) is 0 Å². The Morgan fingerprint density at radius 1 is 1.10 bits per heavy atom. The van der Waals surface area contributed by atoms with Crippen LogP contribution in [0.5, 0.6) is 0 Å². The molecule has 3 unspecified atom stereocenters. The van der Waals surface area contributed by atoms with Crippen molar-refractivity contribution in [3.63, 3.8) is 0 Å². The van der Waals surface area contributed by atoms with Crippen LogP contribution in [-0.4, -0.2) is 5.97 Å². The van der Waals surface area contributed by atoms with Gasteiger partial charge in [-0.25, -0.2) is 0 Å². The van der Waals surface area contributed by atoms with Crippen molar-refractivity contribution in [1.29, 1.82) is 0 Å².